The SMILES string of the molecule is C1=Cc2ccc(/C=C/c3cc(/C=C/c4ccc(CCN5CCOCC5)cc4)[nH]n3)cc2C1. The summed E-state index contributed by atoms with van der Waals surface area (Å²) in [5, 5.41) is 7.52. The second-order valence-corrected chi connectivity index (χ2v) is 8.43. The third-order valence-electron chi connectivity index (χ3n) is 6.12. The molecule has 1 aromatic heterocycles. The Labute approximate surface area is 189 Å². The Kier molecular flexibility index (Phi) is 6.42. The van der Waals surface area contributed by atoms with E-state index in [9.17, 15) is 0 Å². The number of benzene rings is 2. The van der Waals surface area contributed by atoms with Crippen LogP contribution in [-0.4, -0.2) is 47.9 Å². The van der Waals surface area contributed by atoms with Crippen LogP contribution in [0.4, 0.5) is 0 Å². The van der Waals surface area contributed by atoms with E-state index >= 15 is 0 Å². The number of allylic oxidation sites excluding steroid dienone is 1. The zero-order valence-electron chi connectivity index (χ0n) is 18.3. The van der Waals surface area contributed by atoms with Gasteiger partial charge in [0.25, 0.3) is 0 Å². The smallest absolute Gasteiger partial charge is 0.0854 e. The number of hydrogen-bond donors (Lipinski definition) is 1. The topological polar surface area (TPSA) is 41.1 Å². The molecule has 0 atom stereocenters. The number of morpholine rings is 1. The Bertz CT molecular complexity index is 1130. The summed E-state index contributed by atoms with van der Waals surface area (Å²) in [6, 6.07) is 17.5. The minimum Gasteiger partial charge on any atom is -0.379 e. The van der Waals surface area contributed by atoms with Gasteiger partial charge in [-0.1, -0.05) is 66.8 Å². The number of nitrogens with zero attached hydrogens (tertiary/aromatic N) is 2. The summed E-state index contributed by atoms with van der Waals surface area (Å²) < 4.78 is 5.42. The lowest BCUT2D eigenvalue weighted by Gasteiger charge is -2.26. The van der Waals surface area contributed by atoms with Gasteiger partial charge in [-0.2, -0.15) is 5.10 Å². The molecule has 2 aliphatic rings. The normalized spacial score (nSPS) is 16.4. The number of rotatable bonds is 7. The van der Waals surface area contributed by atoms with Gasteiger partial charge in [0.15, 0.2) is 0 Å². The van der Waals surface area contributed by atoms with Crippen LogP contribution < -0.4 is 0 Å². The van der Waals surface area contributed by atoms with Crippen LogP contribution in [0.15, 0.2) is 54.6 Å². The quantitative estimate of drug-likeness (QED) is 0.568. The van der Waals surface area contributed by atoms with Crippen molar-refractivity contribution in [3.05, 3.63) is 93.8 Å². The molecule has 1 aliphatic carbocycles. The second kappa shape index (κ2) is 9.94. The van der Waals surface area contributed by atoms with Gasteiger partial charge >= 0.3 is 0 Å². The number of fused-ring (bicyclic) bond motifs is 1. The van der Waals surface area contributed by atoms with Gasteiger partial charge in [-0.25, -0.2) is 0 Å². The Morgan fingerprint density at radius 3 is 2.59 bits per heavy atom. The highest BCUT2D eigenvalue weighted by molar-refractivity contribution is 5.73. The van der Waals surface area contributed by atoms with Crippen molar-refractivity contribution in [1.82, 2.24) is 15.1 Å². The van der Waals surface area contributed by atoms with Gasteiger partial charge in [-0.05, 0) is 58.9 Å². The third kappa shape index (κ3) is 5.34. The number of aromatic amines is 1. The van der Waals surface area contributed by atoms with Crippen molar-refractivity contribution in [2.45, 2.75) is 12.8 Å². The van der Waals surface area contributed by atoms with E-state index in [0.717, 1.165) is 57.1 Å². The maximum Gasteiger partial charge on any atom is 0.0854 e. The van der Waals surface area contributed by atoms with Gasteiger partial charge in [0.2, 0.25) is 0 Å². The van der Waals surface area contributed by atoms with Crippen LogP contribution >= 0.6 is 0 Å². The first-order chi connectivity index (χ1) is 15.8. The predicted molar refractivity (Wildman–Crippen MR) is 133 cm³/mol. The molecule has 0 saturated carbocycles. The highest BCUT2D eigenvalue weighted by atomic mass is 16.5. The molecule has 1 N–H and O–H groups in total. The molecule has 0 radical (unpaired) electrons. The monoisotopic (exact) mass is 423 g/mol. The summed E-state index contributed by atoms with van der Waals surface area (Å²) in [7, 11) is 0. The van der Waals surface area contributed by atoms with Crippen molar-refractivity contribution in [2.75, 3.05) is 32.8 Å². The molecule has 1 aliphatic heterocycles. The maximum absolute atomic E-state index is 5.42. The summed E-state index contributed by atoms with van der Waals surface area (Å²) in [6.45, 7) is 4.92. The molecular weight excluding hydrogens is 394 g/mol. The van der Waals surface area contributed by atoms with Crippen LogP contribution in [-0.2, 0) is 17.6 Å². The molecule has 4 nitrogen and oxygen atoms in total. The van der Waals surface area contributed by atoms with E-state index in [4.69, 9.17) is 4.74 Å². The van der Waals surface area contributed by atoms with Crippen LogP contribution in [0, 0.1) is 0 Å². The van der Waals surface area contributed by atoms with Crippen molar-refractivity contribution in [3.8, 4) is 0 Å². The van der Waals surface area contributed by atoms with Crippen LogP contribution in [0.25, 0.3) is 30.4 Å². The number of H-pyrrole nitrogens is 1. The first kappa shape index (κ1) is 20.7. The number of aromatic nitrogens is 2. The molecule has 1 saturated heterocycles. The first-order valence-corrected chi connectivity index (χ1v) is 11.4. The third-order valence-corrected chi connectivity index (χ3v) is 6.12. The zero-order valence-corrected chi connectivity index (χ0v) is 18.3. The van der Waals surface area contributed by atoms with E-state index in [1.54, 1.807) is 0 Å². The number of ether oxygens (including phenoxy) is 1. The second-order valence-electron chi connectivity index (χ2n) is 8.43. The molecule has 32 heavy (non-hydrogen) atoms. The molecule has 0 amide bonds. The van der Waals surface area contributed by atoms with Crippen LogP contribution in [0.3, 0.4) is 0 Å². The maximum atomic E-state index is 5.42. The average molecular weight is 424 g/mol. The zero-order chi connectivity index (χ0) is 21.6. The van der Waals surface area contributed by atoms with Crippen molar-refractivity contribution in [1.29, 1.82) is 0 Å². The molecule has 3 aromatic rings. The summed E-state index contributed by atoms with van der Waals surface area (Å²) >= 11 is 0. The minimum atomic E-state index is 0.862. The molecule has 4 heteroatoms. The molecule has 162 valence electrons. The van der Waals surface area contributed by atoms with Gasteiger partial charge < -0.3 is 4.74 Å². The molecule has 2 heterocycles. The van der Waals surface area contributed by atoms with E-state index in [1.165, 1.54) is 27.8 Å². The average Bonchev–Trinajstić information content (AvgIpc) is 3.50. The summed E-state index contributed by atoms with van der Waals surface area (Å²) in [6.07, 6.45) is 14.9. The fourth-order valence-corrected chi connectivity index (χ4v) is 4.18. The van der Waals surface area contributed by atoms with Crippen LogP contribution in [0.1, 0.15) is 39.2 Å². The fourth-order valence-electron chi connectivity index (χ4n) is 4.18. The van der Waals surface area contributed by atoms with E-state index < -0.39 is 0 Å². The van der Waals surface area contributed by atoms with Gasteiger partial charge in [0, 0.05) is 19.6 Å². The van der Waals surface area contributed by atoms with Gasteiger partial charge in [0.05, 0.1) is 24.6 Å². The molecule has 2 aromatic carbocycles. The van der Waals surface area contributed by atoms with Crippen molar-refractivity contribution >= 4 is 30.4 Å². The lowest BCUT2D eigenvalue weighted by molar-refractivity contribution is 0.0384. The molecular formula is C28H29N3O. The minimum absolute atomic E-state index is 0.862. The van der Waals surface area contributed by atoms with Gasteiger partial charge in [0.1, 0.15) is 0 Å². The Morgan fingerprint density at radius 2 is 1.72 bits per heavy atom. The summed E-state index contributed by atoms with van der Waals surface area (Å²) in [4.78, 5) is 2.48. The van der Waals surface area contributed by atoms with E-state index in [0.29, 0.717) is 0 Å². The van der Waals surface area contributed by atoms with Gasteiger partial charge in [-0.3, -0.25) is 10.00 Å². The molecule has 0 spiro atoms. The van der Waals surface area contributed by atoms with E-state index in [1.807, 2.05) is 0 Å². The number of nitrogens with one attached hydrogen (secondary N) is 1. The lowest BCUT2D eigenvalue weighted by atomic mass is 10.1. The Morgan fingerprint density at radius 1 is 0.906 bits per heavy atom. The van der Waals surface area contributed by atoms with Crippen molar-refractivity contribution in [3.63, 3.8) is 0 Å². The van der Waals surface area contributed by atoms with Crippen molar-refractivity contribution in [2.24, 2.45) is 0 Å². The standard InChI is InChI=1S/C28H29N3O/c1-2-25-11-8-24(20-26(25)3-1)10-13-28-21-27(29-30-28)12-9-22-4-6-23(7-5-22)14-15-31-16-18-32-19-17-31/h1-2,4-13,20-21H,3,14-19H2,(H,29,30)/b12-9+,13-10+. The molecule has 5 rings (SSSR count). The number of hydrogen-bond acceptors (Lipinski definition) is 3. The summed E-state index contributed by atoms with van der Waals surface area (Å²) in [5.41, 5.74) is 8.44. The lowest BCUT2D eigenvalue weighted by Crippen LogP contribution is -2.37. The van der Waals surface area contributed by atoms with Crippen molar-refractivity contribution < 1.29 is 4.74 Å². The van der Waals surface area contributed by atoms with Crippen LogP contribution in [0.5, 0.6) is 0 Å². The first-order valence-electron chi connectivity index (χ1n) is 11.4. The summed E-state index contributed by atoms with van der Waals surface area (Å²) in [5.74, 6) is 0. The largest absolute Gasteiger partial charge is 0.379 e. The Hall–Kier alpha value is -3.21. The van der Waals surface area contributed by atoms with Crippen LogP contribution in [0.2, 0.25) is 0 Å². The molecule has 0 unspecified atom stereocenters. The predicted octanol–water partition coefficient (Wildman–Crippen LogP) is 5.19. The Balaban J connectivity index is 1.15. The van der Waals surface area contributed by atoms with Gasteiger partial charge in [-0.15, -0.1) is 0 Å². The highest BCUT2D eigenvalue weighted by Crippen LogP contribution is 2.21. The van der Waals surface area contributed by atoms with E-state index in [2.05, 4.69) is 100 Å². The van der Waals surface area contributed by atoms with E-state index in [-0.39, 0.29) is 0 Å². The molecule has 0 bridgehead atoms. The molecule has 1 fully saturated rings. The fraction of sp³-hybridized carbons (Fsp3) is 0.250. The highest BCUT2D eigenvalue weighted by Gasteiger charge is 2.09.